The van der Waals surface area contributed by atoms with E-state index < -0.39 is 33.9 Å². The van der Waals surface area contributed by atoms with E-state index >= 15 is 0 Å². The lowest BCUT2D eigenvalue weighted by Crippen LogP contribution is -2.56. The van der Waals surface area contributed by atoms with Crippen LogP contribution in [-0.4, -0.2) is 34.6 Å². The van der Waals surface area contributed by atoms with Crippen molar-refractivity contribution in [3.8, 4) is 0 Å². The Morgan fingerprint density at radius 3 is 2.37 bits per heavy atom. The minimum Gasteiger partial charge on any atom is -0.444 e. The number of carbonyl (C=O) groups is 2. The predicted octanol–water partition coefficient (Wildman–Crippen LogP) is 3.54. The van der Waals surface area contributed by atoms with Gasteiger partial charge in [-0.15, -0.1) is 0 Å². The number of nitro groups is 1. The Balaban J connectivity index is 2.05. The van der Waals surface area contributed by atoms with Crippen molar-refractivity contribution in [2.24, 2.45) is 0 Å². The molecule has 0 aliphatic heterocycles. The van der Waals surface area contributed by atoms with Crippen LogP contribution in [0.1, 0.15) is 69.9 Å². The van der Waals surface area contributed by atoms with Gasteiger partial charge in [-0.25, -0.2) is 4.79 Å². The molecule has 27 heavy (non-hydrogen) atoms. The van der Waals surface area contributed by atoms with Gasteiger partial charge in [0.05, 0.1) is 11.6 Å². The molecule has 0 saturated heterocycles. The summed E-state index contributed by atoms with van der Waals surface area (Å²) in [5.41, 5.74) is -1.24. The molecule has 150 valence electrons. The molecule has 9 nitrogen and oxygen atoms in total. The predicted molar refractivity (Wildman–Crippen MR) is 97.5 cm³/mol. The molecular weight excluding hydrogens is 354 g/mol. The summed E-state index contributed by atoms with van der Waals surface area (Å²) < 4.78 is 10.3. The van der Waals surface area contributed by atoms with Crippen molar-refractivity contribution in [2.45, 2.75) is 70.4 Å². The summed E-state index contributed by atoms with van der Waals surface area (Å²) in [5, 5.41) is 16.4. The Morgan fingerprint density at radius 2 is 1.85 bits per heavy atom. The van der Waals surface area contributed by atoms with E-state index in [9.17, 15) is 19.7 Å². The summed E-state index contributed by atoms with van der Waals surface area (Å²) in [4.78, 5) is 34.6. The second kappa shape index (κ2) is 8.41. The van der Waals surface area contributed by atoms with Gasteiger partial charge in [0.25, 0.3) is 5.91 Å². The second-order valence-electron chi connectivity index (χ2n) is 7.90. The van der Waals surface area contributed by atoms with E-state index in [0.717, 1.165) is 31.7 Å². The number of furan rings is 1. The molecule has 1 aliphatic carbocycles. The van der Waals surface area contributed by atoms with Crippen LogP contribution in [0.2, 0.25) is 0 Å². The zero-order valence-electron chi connectivity index (χ0n) is 16.0. The van der Waals surface area contributed by atoms with Gasteiger partial charge in [0.1, 0.15) is 10.5 Å². The zero-order valence-corrected chi connectivity index (χ0v) is 16.0. The highest BCUT2D eigenvalue weighted by Crippen LogP contribution is 2.27. The number of hydrogen-bond acceptors (Lipinski definition) is 6. The lowest BCUT2D eigenvalue weighted by molar-refractivity contribution is -0.402. The number of nitrogens with one attached hydrogen (secondary N) is 2. The minimum atomic E-state index is -0.701. The van der Waals surface area contributed by atoms with E-state index in [1.807, 2.05) is 0 Å². The highest BCUT2D eigenvalue weighted by molar-refractivity contribution is 5.91. The maximum Gasteiger partial charge on any atom is 0.433 e. The molecule has 2 N–H and O–H groups in total. The fourth-order valence-corrected chi connectivity index (χ4v) is 3.16. The molecule has 0 radical (unpaired) electrons. The quantitative estimate of drug-likeness (QED) is 0.457. The molecule has 0 unspecified atom stereocenters. The van der Waals surface area contributed by atoms with Crippen LogP contribution in [0.5, 0.6) is 0 Å². The smallest absolute Gasteiger partial charge is 0.433 e. The number of carbonyl (C=O) groups excluding carboxylic acids is 2. The fourth-order valence-electron chi connectivity index (χ4n) is 3.16. The molecule has 2 rings (SSSR count). The Hall–Kier alpha value is -2.58. The molecule has 1 fully saturated rings. The van der Waals surface area contributed by atoms with E-state index in [1.54, 1.807) is 20.8 Å². The highest BCUT2D eigenvalue weighted by Gasteiger charge is 2.35. The van der Waals surface area contributed by atoms with E-state index in [1.165, 1.54) is 6.07 Å². The van der Waals surface area contributed by atoms with Crippen LogP contribution in [0.15, 0.2) is 16.5 Å². The number of hydrogen-bond donors (Lipinski definition) is 2. The van der Waals surface area contributed by atoms with E-state index in [2.05, 4.69) is 10.6 Å². The largest absolute Gasteiger partial charge is 0.444 e. The average Bonchev–Trinajstić information content (AvgIpc) is 2.94. The molecule has 0 aromatic carbocycles. The van der Waals surface area contributed by atoms with Crippen LogP contribution in [-0.2, 0) is 4.74 Å². The number of rotatable bonds is 5. The minimum absolute atomic E-state index is 0.136. The van der Waals surface area contributed by atoms with Crippen LogP contribution in [0.25, 0.3) is 0 Å². The van der Waals surface area contributed by atoms with Crippen molar-refractivity contribution in [1.82, 2.24) is 10.6 Å². The summed E-state index contributed by atoms with van der Waals surface area (Å²) in [6.07, 6.45) is 4.89. The van der Waals surface area contributed by atoms with Crippen LogP contribution < -0.4 is 10.6 Å². The van der Waals surface area contributed by atoms with Crippen molar-refractivity contribution < 1.29 is 23.7 Å². The summed E-state index contributed by atoms with van der Waals surface area (Å²) in [6, 6.07) is 2.39. The normalized spacial score (nSPS) is 16.9. The van der Waals surface area contributed by atoms with Gasteiger partial charge in [-0.05, 0) is 39.7 Å². The first-order valence-electron chi connectivity index (χ1n) is 9.14. The molecular formula is C18H27N3O6. The average molecular weight is 381 g/mol. The fraction of sp³-hybridized carbons (Fsp3) is 0.667. The molecule has 9 heteroatoms. The van der Waals surface area contributed by atoms with Crippen molar-refractivity contribution in [3.63, 3.8) is 0 Å². The van der Waals surface area contributed by atoms with Crippen LogP contribution >= 0.6 is 0 Å². The topological polar surface area (TPSA) is 124 Å². The highest BCUT2D eigenvalue weighted by atomic mass is 16.6. The summed E-state index contributed by atoms with van der Waals surface area (Å²) in [5.74, 6) is -1.18. The molecule has 1 aromatic heterocycles. The van der Waals surface area contributed by atoms with Gasteiger partial charge in [-0.3, -0.25) is 14.9 Å². The Morgan fingerprint density at radius 1 is 1.22 bits per heavy atom. The van der Waals surface area contributed by atoms with Crippen LogP contribution in [0, 0.1) is 10.1 Å². The van der Waals surface area contributed by atoms with Crippen molar-refractivity contribution >= 4 is 17.9 Å². The van der Waals surface area contributed by atoms with Crippen LogP contribution in [0.4, 0.5) is 10.7 Å². The van der Waals surface area contributed by atoms with Gasteiger partial charge >= 0.3 is 12.0 Å². The Bertz CT molecular complexity index is 684. The third kappa shape index (κ3) is 6.26. The van der Waals surface area contributed by atoms with Crippen molar-refractivity contribution in [1.29, 1.82) is 0 Å². The molecule has 1 heterocycles. The molecule has 2 amide bonds. The standard InChI is InChI=1S/C18H27N3O6/c1-17(2,3)27-16(23)20-18(10-6-4-5-7-11-18)12-19-15(22)13-8-9-14(26-13)21(24)25/h8-9H,4-7,10-12H2,1-3H3,(H,19,22)(H,20,23). The van der Waals surface area contributed by atoms with Crippen molar-refractivity contribution in [3.05, 3.63) is 28.0 Å². The van der Waals surface area contributed by atoms with E-state index in [-0.39, 0.29) is 12.3 Å². The van der Waals surface area contributed by atoms with Gasteiger partial charge in [0.2, 0.25) is 0 Å². The SMILES string of the molecule is CC(C)(C)OC(=O)NC1(CNC(=O)c2ccc([N+](=O)[O-])o2)CCCCCC1. The van der Waals surface area contributed by atoms with E-state index in [4.69, 9.17) is 9.15 Å². The summed E-state index contributed by atoms with van der Waals surface area (Å²) in [7, 11) is 0. The molecule has 1 aromatic rings. The third-order valence-corrected chi connectivity index (χ3v) is 4.41. The molecule has 0 spiro atoms. The number of amides is 2. The van der Waals surface area contributed by atoms with Crippen LogP contribution in [0.3, 0.4) is 0 Å². The zero-order chi connectivity index (χ0) is 20.1. The van der Waals surface area contributed by atoms with Gasteiger partial charge in [0, 0.05) is 6.54 Å². The first-order valence-corrected chi connectivity index (χ1v) is 9.14. The van der Waals surface area contributed by atoms with E-state index in [0.29, 0.717) is 12.8 Å². The summed E-state index contributed by atoms with van der Waals surface area (Å²) >= 11 is 0. The molecule has 1 saturated carbocycles. The first kappa shape index (κ1) is 20.7. The lowest BCUT2D eigenvalue weighted by atomic mass is 9.90. The number of ether oxygens (including phenoxy) is 1. The number of alkyl carbamates (subject to hydrolysis) is 1. The van der Waals surface area contributed by atoms with Gasteiger partial charge in [0.15, 0.2) is 5.76 Å². The summed E-state index contributed by atoms with van der Waals surface area (Å²) in [6.45, 7) is 5.56. The van der Waals surface area contributed by atoms with Gasteiger partial charge in [-0.2, -0.15) is 0 Å². The maximum atomic E-state index is 12.3. The number of nitrogens with zero attached hydrogens (tertiary/aromatic N) is 1. The molecule has 0 bridgehead atoms. The second-order valence-corrected chi connectivity index (χ2v) is 7.90. The molecule has 1 aliphatic rings. The molecule has 0 atom stereocenters. The Kier molecular flexibility index (Phi) is 6.45. The Labute approximate surface area is 158 Å². The maximum absolute atomic E-state index is 12.3. The first-order chi connectivity index (χ1) is 12.6. The lowest BCUT2D eigenvalue weighted by Gasteiger charge is -2.35. The van der Waals surface area contributed by atoms with Gasteiger partial charge < -0.3 is 19.8 Å². The third-order valence-electron chi connectivity index (χ3n) is 4.41. The van der Waals surface area contributed by atoms with Crippen molar-refractivity contribution in [2.75, 3.05) is 6.54 Å². The van der Waals surface area contributed by atoms with Gasteiger partial charge in [-0.1, -0.05) is 25.7 Å². The monoisotopic (exact) mass is 381 g/mol.